The van der Waals surface area contributed by atoms with Crippen molar-refractivity contribution in [1.82, 2.24) is 0 Å². The van der Waals surface area contributed by atoms with E-state index in [9.17, 15) is 9.90 Å². The molecule has 0 aliphatic rings. The predicted molar refractivity (Wildman–Crippen MR) is 94.1 cm³/mol. The number of aromatic hydroxyl groups is 1. The Morgan fingerprint density at radius 1 is 1.12 bits per heavy atom. The van der Waals surface area contributed by atoms with Crippen LogP contribution in [-0.4, -0.2) is 11.7 Å². The van der Waals surface area contributed by atoms with Gasteiger partial charge < -0.3 is 14.8 Å². The molecule has 0 fully saturated rings. The number of aryl methyl sites for hydroxylation is 2. The molecule has 4 nitrogen and oxygen atoms in total. The van der Waals surface area contributed by atoms with Crippen LogP contribution in [0.2, 0.25) is 0 Å². The number of rotatable bonds is 6. The average Bonchev–Trinajstić information content (AvgIpc) is 2.59. The molecule has 3 rings (SSSR count). The van der Waals surface area contributed by atoms with Gasteiger partial charge in [-0.15, -0.1) is 0 Å². The molecule has 0 atom stereocenters. The molecule has 0 saturated carbocycles. The minimum atomic E-state index is -0.371. The van der Waals surface area contributed by atoms with Crippen molar-refractivity contribution in [3.8, 4) is 5.75 Å². The highest BCUT2D eigenvalue weighted by molar-refractivity contribution is 5.84. The third kappa shape index (κ3) is 3.66. The first-order chi connectivity index (χ1) is 11.6. The first kappa shape index (κ1) is 16.3. The van der Waals surface area contributed by atoms with Crippen molar-refractivity contribution in [2.24, 2.45) is 0 Å². The lowest BCUT2D eigenvalue weighted by Crippen LogP contribution is -2.82. The summed E-state index contributed by atoms with van der Waals surface area (Å²) >= 11 is 0. The zero-order chi connectivity index (χ0) is 16.9. The third-order valence-corrected chi connectivity index (χ3v) is 4.30. The molecule has 0 amide bonds. The Kier molecular flexibility index (Phi) is 4.96. The van der Waals surface area contributed by atoms with Crippen molar-refractivity contribution < 1.29 is 14.8 Å². The van der Waals surface area contributed by atoms with Crippen molar-refractivity contribution in [1.29, 1.82) is 0 Å². The number of quaternary nitrogens is 1. The van der Waals surface area contributed by atoms with Gasteiger partial charge in [-0.1, -0.05) is 30.3 Å². The fourth-order valence-corrected chi connectivity index (χ4v) is 2.94. The number of nitrogens with two attached hydrogens (primary N) is 1. The summed E-state index contributed by atoms with van der Waals surface area (Å²) in [6.45, 7) is 3.47. The Morgan fingerprint density at radius 2 is 1.92 bits per heavy atom. The first-order valence-corrected chi connectivity index (χ1v) is 8.26. The minimum absolute atomic E-state index is 0.148. The van der Waals surface area contributed by atoms with E-state index < -0.39 is 0 Å². The smallest absolute Gasteiger partial charge is 0.336 e. The lowest BCUT2D eigenvalue weighted by Gasteiger charge is -2.08. The van der Waals surface area contributed by atoms with E-state index in [0.29, 0.717) is 11.1 Å². The molecular weight excluding hydrogens is 302 g/mol. The zero-order valence-corrected chi connectivity index (χ0v) is 13.8. The monoisotopic (exact) mass is 324 g/mol. The highest BCUT2D eigenvalue weighted by Gasteiger charge is 2.11. The van der Waals surface area contributed by atoms with Crippen LogP contribution < -0.4 is 10.9 Å². The van der Waals surface area contributed by atoms with E-state index in [4.69, 9.17) is 4.42 Å². The average molecular weight is 324 g/mol. The van der Waals surface area contributed by atoms with Gasteiger partial charge in [-0.2, -0.15) is 0 Å². The van der Waals surface area contributed by atoms with Gasteiger partial charge >= 0.3 is 5.63 Å². The molecule has 0 aliphatic carbocycles. The van der Waals surface area contributed by atoms with Gasteiger partial charge in [-0.3, -0.25) is 0 Å². The second kappa shape index (κ2) is 7.32. The van der Waals surface area contributed by atoms with E-state index in [1.54, 1.807) is 19.1 Å². The highest BCUT2D eigenvalue weighted by atomic mass is 16.4. The van der Waals surface area contributed by atoms with E-state index in [0.717, 1.165) is 36.9 Å². The standard InChI is InChI=1S/C20H21NO3/c1-14-18(22)10-9-17-16(12-19(23)24-20(14)17)13-21-11-5-8-15-6-3-2-4-7-15/h2-4,6-7,9-10,12,21-22H,5,8,11,13H2,1H3/p+1. The summed E-state index contributed by atoms with van der Waals surface area (Å²) in [6, 6.07) is 15.5. The van der Waals surface area contributed by atoms with E-state index >= 15 is 0 Å². The van der Waals surface area contributed by atoms with Gasteiger partial charge in [-0.25, -0.2) is 4.79 Å². The Bertz CT molecular complexity index is 885. The van der Waals surface area contributed by atoms with E-state index in [2.05, 4.69) is 29.6 Å². The Balaban J connectivity index is 1.65. The second-order valence-electron chi connectivity index (χ2n) is 6.05. The summed E-state index contributed by atoms with van der Waals surface area (Å²) in [6.07, 6.45) is 2.14. The van der Waals surface area contributed by atoms with Crippen LogP contribution in [-0.2, 0) is 13.0 Å². The van der Waals surface area contributed by atoms with Crippen molar-refractivity contribution in [2.45, 2.75) is 26.3 Å². The summed E-state index contributed by atoms with van der Waals surface area (Å²) in [5.74, 6) is 0.148. The summed E-state index contributed by atoms with van der Waals surface area (Å²) < 4.78 is 5.27. The maximum absolute atomic E-state index is 11.8. The largest absolute Gasteiger partial charge is 0.508 e. The number of benzene rings is 2. The van der Waals surface area contributed by atoms with Crippen LogP contribution >= 0.6 is 0 Å². The molecule has 0 spiro atoms. The molecule has 1 heterocycles. The lowest BCUT2D eigenvalue weighted by atomic mass is 10.1. The van der Waals surface area contributed by atoms with Gasteiger partial charge in [0.25, 0.3) is 0 Å². The lowest BCUT2D eigenvalue weighted by molar-refractivity contribution is -0.670. The molecule has 1 aromatic heterocycles. The van der Waals surface area contributed by atoms with Crippen molar-refractivity contribution >= 4 is 11.0 Å². The van der Waals surface area contributed by atoms with Crippen LogP contribution in [0.25, 0.3) is 11.0 Å². The molecule has 124 valence electrons. The van der Waals surface area contributed by atoms with Gasteiger partial charge in [0.05, 0.1) is 6.54 Å². The molecule has 3 N–H and O–H groups in total. The molecule has 0 unspecified atom stereocenters. The molecule has 0 radical (unpaired) electrons. The van der Waals surface area contributed by atoms with Crippen molar-refractivity contribution in [3.05, 3.63) is 75.6 Å². The Morgan fingerprint density at radius 3 is 2.71 bits per heavy atom. The number of hydrogen-bond donors (Lipinski definition) is 2. The predicted octanol–water partition coefficient (Wildman–Crippen LogP) is 2.50. The SMILES string of the molecule is Cc1c(O)ccc2c(C[NH2+]CCCc3ccccc3)cc(=O)oc12. The van der Waals surface area contributed by atoms with E-state index in [1.807, 2.05) is 12.1 Å². The molecule has 3 aromatic rings. The maximum atomic E-state index is 11.8. The van der Waals surface area contributed by atoms with Crippen LogP contribution in [0.15, 0.2) is 57.7 Å². The third-order valence-electron chi connectivity index (χ3n) is 4.30. The van der Waals surface area contributed by atoms with Crippen LogP contribution in [0.1, 0.15) is 23.1 Å². The number of phenolic OH excluding ortho intramolecular Hbond substituents is 1. The van der Waals surface area contributed by atoms with Crippen LogP contribution in [0.4, 0.5) is 0 Å². The number of phenols is 1. The summed E-state index contributed by atoms with van der Waals surface area (Å²) in [5, 5.41) is 12.9. The Labute approximate surface area is 140 Å². The van der Waals surface area contributed by atoms with E-state index in [-0.39, 0.29) is 11.4 Å². The molecule has 0 saturated heterocycles. The topological polar surface area (TPSA) is 67.1 Å². The summed E-state index contributed by atoms with van der Waals surface area (Å²) in [7, 11) is 0. The fraction of sp³-hybridized carbons (Fsp3) is 0.250. The van der Waals surface area contributed by atoms with Gasteiger partial charge in [0.1, 0.15) is 17.9 Å². The molecular formula is C20H22NO3+. The van der Waals surface area contributed by atoms with Gasteiger partial charge in [0.2, 0.25) is 0 Å². The summed E-state index contributed by atoms with van der Waals surface area (Å²) in [5.41, 5.74) is 3.02. The van der Waals surface area contributed by atoms with Gasteiger partial charge in [-0.05, 0) is 31.0 Å². The molecule has 0 aliphatic heterocycles. The van der Waals surface area contributed by atoms with E-state index in [1.165, 1.54) is 5.56 Å². The molecule has 0 bridgehead atoms. The number of hydrogen-bond acceptors (Lipinski definition) is 3. The van der Waals surface area contributed by atoms with Crippen LogP contribution in [0.5, 0.6) is 5.75 Å². The molecule has 24 heavy (non-hydrogen) atoms. The normalized spacial score (nSPS) is 11.0. The molecule has 4 heteroatoms. The van der Waals surface area contributed by atoms with Crippen molar-refractivity contribution in [2.75, 3.05) is 6.54 Å². The second-order valence-corrected chi connectivity index (χ2v) is 6.05. The number of fused-ring (bicyclic) bond motifs is 1. The fourth-order valence-electron chi connectivity index (χ4n) is 2.94. The maximum Gasteiger partial charge on any atom is 0.336 e. The summed E-state index contributed by atoms with van der Waals surface area (Å²) in [4.78, 5) is 11.8. The van der Waals surface area contributed by atoms with Crippen LogP contribution in [0, 0.1) is 6.92 Å². The minimum Gasteiger partial charge on any atom is -0.508 e. The molecule has 2 aromatic carbocycles. The quantitative estimate of drug-likeness (QED) is 0.541. The van der Waals surface area contributed by atoms with Crippen LogP contribution in [0.3, 0.4) is 0 Å². The Hall–Kier alpha value is -2.59. The van der Waals surface area contributed by atoms with Gasteiger partial charge in [0, 0.05) is 29.0 Å². The van der Waals surface area contributed by atoms with Gasteiger partial charge in [0.15, 0.2) is 0 Å². The van der Waals surface area contributed by atoms with Crippen molar-refractivity contribution in [3.63, 3.8) is 0 Å². The zero-order valence-electron chi connectivity index (χ0n) is 13.8. The first-order valence-electron chi connectivity index (χ1n) is 8.26. The highest BCUT2D eigenvalue weighted by Crippen LogP contribution is 2.26.